The first-order valence-electron chi connectivity index (χ1n) is 13.8. The van der Waals surface area contributed by atoms with Crippen LogP contribution in [-0.4, -0.2) is 66.1 Å². The van der Waals surface area contributed by atoms with Crippen molar-refractivity contribution in [3.05, 3.63) is 81.9 Å². The van der Waals surface area contributed by atoms with Gasteiger partial charge in [0.15, 0.2) is 0 Å². The number of fused-ring (bicyclic) bond motifs is 1. The van der Waals surface area contributed by atoms with Crippen molar-refractivity contribution >= 4 is 41.2 Å². The summed E-state index contributed by atoms with van der Waals surface area (Å²) >= 11 is 0. The topological polar surface area (TPSA) is 147 Å². The Morgan fingerprint density at radius 1 is 1.14 bits per heavy atom. The molecule has 0 atom stereocenters. The lowest BCUT2D eigenvalue weighted by atomic mass is 10.0. The van der Waals surface area contributed by atoms with Crippen molar-refractivity contribution in [3.8, 4) is 11.5 Å². The molecule has 2 heterocycles. The molecule has 0 fully saturated rings. The molecule has 4 rings (SSSR count). The standard InChI is InChI=1S/C22H27FN4O2.C10H10O4/c1-5-27(6-2)10-9-24-22(29)20-13(3)19(25-14(20)4)12-17-16-11-15(23)7-8-18(16)26-21(17)28;1-14-9-6-7(2-4-8(9)11)3-5-10(12)13/h7-8,11-12,25H,5-6,9-10H2,1-4H3,(H,24,29)(H,26,28);2-6,11H,1H3,(H,12,13)/p-1/b17-12-;5-3+. The Kier molecular flexibility index (Phi) is 11.2. The Balaban J connectivity index is 0.000000303. The Hall–Kier alpha value is -4.90. The Labute approximate surface area is 249 Å². The molecular formula is C32H36FN4O6-. The number of anilines is 1. The number of rotatable bonds is 10. The lowest BCUT2D eigenvalue weighted by Crippen LogP contribution is -2.35. The Morgan fingerprint density at radius 2 is 1.86 bits per heavy atom. The minimum absolute atomic E-state index is 0.143. The van der Waals surface area contributed by atoms with Crippen LogP contribution in [-0.2, 0) is 9.59 Å². The fourth-order valence-corrected chi connectivity index (χ4v) is 4.62. The highest BCUT2D eigenvalue weighted by Gasteiger charge is 2.26. The highest BCUT2D eigenvalue weighted by atomic mass is 19.1. The van der Waals surface area contributed by atoms with Crippen LogP contribution in [0, 0.1) is 19.7 Å². The monoisotopic (exact) mass is 591 g/mol. The fourth-order valence-electron chi connectivity index (χ4n) is 4.62. The number of hydrogen-bond acceptors (Lipinski definition) is 6. The van der Waals surface area contributed by atoms with Crippen molar-refractivity contribution in [1.29, 1.82) is 0 Å². The smallest absolute Gasteiger partial charge is 0.328 e. The molecule has 0 saturated heterocycles. The molecule has 2 amide bonds. The van der Waals surface area contributed by atoms with Gasteiger partial charge in [0.2, 0.25) is 0 Å². The minimum Gasteiger partial charge on any atom is -0.870 e. The average Bonchev–Trinajstić information content (AvgIpc) is 3.44. The second-order valence-corrected chi connectivity index (χ2v) is 9.73. The molecule has 2 aromatic carbocycles. The van der Waals surface area contributed by atoms with Gasteiger partial charge < -0.3 is 35.5 Å². The molecule has 228 valence electrons. The van der Waals surface area contributed by atoms with Crippen LogP contribution in [0.3, 0.4) is 0 Å². The number of benzene rings is 2. The molecule has 1 aliphatic rings. The predicted molar refractivity (Wildman–Crippen MR) is 162 cm³/mol. The molecule has 10 nitrogen and oxygen atoms in total. The molecule has 0 spiro atoms. The Morgan fingerprint density at radius 3 is 2.51 bits per heavy atom. The van der Waals surface area contributed by atoms with Gasteiger partial charge in [0.1, 0.15) is 11.6 Å². The van der Waals surface area contributed by atoms with Crippen LogP contribution in [0.15, 0.2) is 42.5 Å². The molecular weight excluding hydrogens is 555 g/mol. The van der Waals surface area contributed by atoms with E-state index in [1.165, 1.54) is 43.5 Å². The summed E-state index contributed by atoms with van der Waals surface area (Å²) in [5.41, 5.74) is 4.82. The molecule has 3 aromatic rings. The van der Waals surface area contributed by atoms with Gasteiger partial charge in [-0.2, -0.15) is 0 Å². The maximum Gasteiger partial charge on any atom is 0.328 e. The summed E-state index contributed by atoms with van der Waals surface area (Å²) in [4.78, 5) is 40.7. The van der Waals surface area contributed by atoms with E-state index in [1.54, 1.807) is 12.1 Å². The van der Waals surface area contributed by atoms with Gasteiger partial charge >= 0.3 is 5.97 Å². The summed E-state index contributed by atoms with van der Waals surface area (Å²) in [6, 6.07) is 8.55. The zero-order valence-electron chi connectivity index (χ0n) is 24.8. The van der Waals surface area contributed by atoms with Crippen LogP contribution >= 0.6 is 0 Å². The highest BCUT2D eigenvalue weighted by molar-refractivity contribution is 6.34. The summed E-state index contributed by atoms with van der Waals surface area (Å²) in [7, 11) is 1.39. The number of aromatic nitrogens is 1. The number of hydrogen-bond donors (Lipinski definition) is 4. The number of carboxylic acid groups (broad SMARTS) is 1. The zero-order chi connectivity index (χ0) is 31.7. The first kappa shape index (κ1) is 32.6. The molecule has 0 radical (unpaired) electrons. The van der Waals surface area contributed by atoms with Crippen LogP contribution in [0.1, 0.15) is 52.3 Å². The minimum atomic E-state index is -1.03. The lowest BCUT2D eigenvalue weighted by molar-refractivity contribution is -0.270. The van der Waals surface area contributed by atoms with Gasteiger partial charge in [-0.25, -0.2) is 9.18 Å². The van der Waals surface area contributed by atoms with E-state index in [0.717, 1.165) is 37.0 Å². The van der Waals surface area contributed by atoms with Crippen LogP contribution in [0.4, 0.5) is 10.1 Å². The molecule has 0 aliphatic carbocycles. The Bertz CT molecular complexity index is 1560. The number of aryl methyl sites for hydroxylation is 1. The molecule has 1 aromatic heterocycles. The highest BCUT2D eigenvalue weighted by Crippen LogP contribution is 2.34. The van der Waals surface area contributed by atoms with Gasteiger partial charge in [-0.1, -0.05) is 31.7 Å². The molecule has 4 N–H and O–H groups in total. The fraction of sp³-hybridized carbons (Fsp3) is 0.281. The average molecular weight is 592 g/mol. The van der Waals surface area contributed by atoms with Gasteiger partial charge in [-0.3, -0.25) is 9.59 Å². The van der Waals surface area contributed by atoms with E-state index in [4.69, 9.17) is 9.84 Å². The molecule has 11 heteroatoms. The van der Waals surface area contributed by atoms with E-state index in [9.17, 15) is 23.9 Å². The quantitative estimate of drug-likeness (QED) is 0.259. The first-order chi connectivity index (χ1) is 20.5. The van der Waals surface area contributed by atoms with Crippen LogP contribution in [0.5, 0.6) is 11.5 Å². The number of halogens is 1. The molecule has 0 bridgehead atoms. The number of carbonyl (C=O) groups excluding carboxylic acids is 2. The summed E-state index contributed by atoms with van der Waals surface area (Å²) in [5, 5.41) is 25.2. The summed E-state index contributed by atoms with van der Waals surface area (Å²) in [6.45, 7) is 11.1. The van der Waals surface area contributed by atoms with Gasteiger partial charge in [0.25, 0.3) is 11.8 Å². The van der Waals surface area contributed by atoms with E-state index in [-0.39, 0.29) is 23.3 Å². The number of nitrogens with one attached hydrogen (secondary N) is 3. The van der Waals surface area contributed by atoms with Crippen molar-refractivity contribution < 1.29 is 33.7 Å². The molecule has 1 aliphatic heterocycles. The van der Waals surface area contributed by atoms with E-state index >= 15 is 0 Å². The zero-order valence-corrected chi connectivity index (χ0v) is 24.8. The van der Waals surface area contributed by atoms with Gasteiger partial charge in [0.05, 0.1) is 18.2 Å². The summed E-state index contributed by atoms with van der Waals surface area (Å²) in [5.74, 6) is -1.88. The number of methoxy groups -OCH3 is 1. The van der Waals surface area contributed by atoms with Crippen LogP contribution in [0.25, 0.3) is 17.7 Å². The normalized spacial score (nSPS) is 13.1. The second-order valence-electron chi connectivity index (χ2n) is 9.73. The number of aromatic amines is 1. The first-order valence-corrected chi connectivity index (χ1v) is 13.8. The number of ether oxygens (including phenoxy) is 1. The van der Waals surface area contributed by atoms with Gasteiger partial charge in [-0.05, 0) is 74.5 Å². The summed E-state index contributed by atoms with van der Waals surface area (Å²) in [6.07, 6.45) is 4.07. The van der Waals surface area contributed by atoms with Crippen LogP contribution in [0.2, 0.25) is 0 Å². The SMILES string of the molecule is CCN(CC)CCNC(=O)c1c(C)[nH]c(/C=C2\C(=O)Nc3ccc(F)cc32)c1C.COc1cc(/C=C/C(=O)O)ccc1[O-]. The molecule has 0 unspecified atom stereocenters. The van der Waals surface area contributed by atoms with Gasteiger partial charge in [-0.15, -0.1) is 0 Å². The summed E-state index contributed by atoms with van der Waals surface area (Å²) < 4.78 is 18.4. The third-order valence-corrected chi connectivity index (χ3v) is 6.97. The number of amides is 2. The second kappa shape index (κ2) is 14.8. The van der Waals surface area contributed by atoms with Gasteiger partial charge in [0, 0.05) is 41.8 Å². The van der Waals surface area contributed by atoms with E-state index < -0.39 is 11.8 Å². The number of aliphatic carboxylic acids is 1. The van der Waals surface area contributed by atoms with Crippen molar-refractivity contribution in [3.63, 3.8) is 0 Å². The number of H-pyrrole nitrogens is 1. The maximum atomic E-state index is 13.7. The van der Waals surface area contributed by atoms with Crippen molar-refractivity contribution in [2.75, 3.05) is 38.6 Å². The van der Waals surface area contributed by atoms with Crippen molar-refractivity contribution in [2.45, 2.75) is 27.7 Å². The molecule has 43 heavy (non-hydrogen) atoms. The molecule has 0 saturated carbocycles. The largest absolute Gasteiger partial charge is 0.870 e. The number of carboxylic acids is 1. The lowest BCUT2D eigenvalue weighted by Gasteiger charge is -2.18. The third kappa shape index (κ3) is 8.32. The number of nitrogens with zero attached hydrogens (tertiary/aromatic N) is 1. The van der Waals surface area contributed by atoms with E-state index in [0.29, 0.717) is 40.2 Å². The number of carbonyl (C=O) groups is 3. The maximum absolute atomic E-state index is 13.7. The predicted octanol–water partition coefficient (Wildman–Crippen LogP) is 4.20. The third-order valence-electron chi connectivity index (χ3n) is 6.97. The number of likely N-dealkylation sites (N-methyl/N-ethyl adjacent to an activating group) is 1. The van der Waals surface area contributed by atoms with E-state index in [1.807, 2.05) is 13.8 Å². The van der Waals surface area contributed by atoms with E-state index in [2.05, 4.69) is 34.4 Å². The van der Waals surface area contributed by atoms with Crippen molar-refractivity contribution in [2.24, 2.45) is 0 Å². The van der Waals surface area contributed by atoms with Crippen molar-refractivity contribution in [1.82, 2.24) is 15.2 Å². The van der Waals surface area contributed by atoms with Crippen LogP contribution < -0.4 is 20.5 Å².